The van der Waals surface area contributed by atoms with Crippen molar-refractivity contribution in [2.45, 2.75) is 25.3 Å². The summed E-state index contributed by atoms with van der Waals surface area (Å²) in [6.07, 6.45) is 2.75. The highest BCUT2D eigenvalue weighted by molar-refractivity contribution is 6.42. The van der Waals surface area contributed by atoms with Crippen molar-refractivity contribution in [1.82, 2.24) is 9.88 Å². The third kappa shape index (κ3) is 3.90. The van der Waals surface area contributed by atoms with Gasteiger partial charge in [-0.25, -0.2) is 0 Å². The second-order valence-corrected chi connectivity index (χ2v) is 8.14. The summed E-state index contributed by atoms with van der Waals surface area (Å²) < 4.78 is 1.78. The molecule has 0 radical (unpaired) electrons. The summed E-state index contributed by atoms with van der Waals surface area (Å²) >= 11 is 12.0. The van der Waals surface area contributed by atoms with Gasteiger partial charge < -0.3 is 15.2 Å². The molecule has 0 bridgehead atoms. The number of carbonyl (C=O) groups excluding carboxylic acids is 1. The Bertz CT molecular complexity index is 1140. The Kier molecular flexibility index (Phi) is 5.63. The van der Waals surface area contributed by atoms with E-state index < -0.39 is 5.92 Å². The highest BCUT2D eigenvalue weighted by Crippen LogP contribution is 2.28. The van der Waals surface area contributed by atoms with Crippen LogP contribution in [0.2, 0.25) is 10.0 Å². The number of nitrogens with zero attached hydrogens (tertiary/aromatic N) is 1. The van der Waals surface area contributed by atoms with Gasteiger partial charge in [0.05, 0.1) is 22.0 Å². The van der Waals surface area contributed by atoms with Crippen molar-refractivity contribution in [1.29, 1.82) is 0 Å². The van der Waals surface area contributed by atoms with Crippen molar-refractivity contribution in [3.63, 3.8) is 0 Å². The van der Waals surface area contributed by atoms with Crippen LogP contribution in [0.25, 0.3) is 10.8 Å². The number of hydrogen-bond donors (Lipinski definition) is 2. The van der Waals surface area contributed by atoms with E-state index in [1.54, 1.807) is 41.8 Å². The molecule has 0 spiro atoms. The fourth-order valence-electron chi connectivity index (χ4n) is 3.74. The molecule has 1 fully saturated rings. The Morgan fingerprint density at radius 3 is 2.72 bits per heavy atom. The normalized spacial score (nSPS) is 17.4. The van der Waals surface area contributed by atoms with Gasteiger partial charge in [-0.1, -0.05) is 35.3 Å². The largest absolute Gasteiger partial charge is 0.325 e. The van der Waals surface area contributed by atoms with Crippen LogP contribution in [-0.4, -0.2) is 23.6 Å². The van der Waals surface area contributed by atoms with Crippen LogP contribution in [0.1, 0.15) is 30.9 Å². The monoisotopic (exact) mass is 429 g/mol. The van der Waals surface area contributed by atoms with Gasteiger partial charge in [0.2, 0.25) is 5.91 Å². The number of benzene rings is 2. The molecule has 29 heavy (non-hydrogen) atoms. The first-order valence-corrected chi connectivity index (χ1v) is 10.3. The van der Waals surface area contributed by atoms with Gasteiger partial charge in [0.15, 0.2) is 0 Å². The minimum atomic E-state index is -0.426. The van der Waals surface area contributed by atoms with E-state index in [-0.39, 0.29) is 17.5 Å². The molecule has 7 heteroatoms. The fourth-order valence-corrected chi connectivity index (χ4v) is 4.05. The second kappa shape index (κ2) is 8.19. The number of rotatable bonds is 4. The molecule has 2 N–H and O–H groups in total. The molecule has 5 nitrogen and oxygen atoms in total. The number of hydrogen-bond acceptors (Lipinski definition) is 3. The maximum absolute atomic E-state index is 13.0. The molecule has 4 rings (SSSR count). The van der Waals surface area contributed by atoms with Gasteiger partial charge in [0.25, 0.3) is 5.56 Å². The predicted octanol–water partition coefficient (Wildman–Crippen LogP) is 4.58. The number of halogens is 2. The lowest BCUT2D eigenvalue weighted by molar-refractivity contribution is -0.117. The van der Waals surface area contributed by atoms with E-state index in [1.807, 2.05) is 18.3 Å². The minimum Gasteiger partial charge on any atom is -0.325 e. The number of aromatic nitrogens is 1. The van der Waals surface area contributed by atoms with Gasteiger partial charge in [-0.2, -0.15) is 0 Å². The topological polar surface area (TPSA) is 63.1 Å². The molecule has 2 atom stereocenters. The van der Waals surface area contributed by atoms with Gasteiger partial charge in [-0.3, -0.25) is 9.59 Å². The van der Waals surface area contributed by atoms with Crippen LogP contribution >= 0.6 is 23.2 Å². The van der Waals surface area contributed by atoms with Gasteiger partial charge in [-0.15, -0.1) is 0 Å². The quantitative estimate of drug-likeness (QED) is 0.637. The van der Waals surface area contributed by atoms with Gasteiger partial charge in [0, 0.05) is 29.2 Å². The average Bonchev–Trinajstić information content (AvgIpc) is 3.25. The number of carbonyl (C=O) groups is 1. The SMILES string of the molecule is C[C@H](C(=O)Nc1cccc2c(=O)n([C@H]3CCNC3)ccc12)c1ccc(Cl)c(Cl)c1. The third-order valence-corrected chi connectivity index (χ3v) is 6.23. The maximum Gasteiger partial charge on any atom is 0.258 e. The molecule has 1 saturated heterocycles. The van der Waals surface area contributed by atoms with Crippen LogP contribution in [0.3, 0.4) is 0 Å². The summed E-state index contributed by atoms with van der Waals surface area (Å²) in [5.74, 6) is -0.606. The van der Waals surface area contributed by atoms with Crippen LogP contribution < -0.4 is 16.2 Å². The second-order valence-electron chi connectivity index (χ2n) is 7.33. The Labute approximate surface area is 178 Å². The average molecular weight is 430 g/mol. The smallest absolute Gasteiger partial charge is 0.258 e. The van der Waals surface area contributed by atoms with Crippen molar-refractivity contribution in [3.8, 4) is 0 Å². The molecule has 1 aromatic heterocycles. The molecule has 150 valence electrons. The van der Waals surface area contributed by atoms with Crippen molar-refractivity contribution < 1.29 is 4.79 Å². The first-order valence-electron chi connectivity index (χ1n) is 9.56. The molecule has 0 aliphatic carbocycles. The highest BCUT2D eigenvalue weighted by Gasteiger charge is 2.20. The van der Waals surface area contributed by atoms with Crippen LogP contribution in [0, 0.1) is 0 Å². The van der Waals surface area contributed by atoms with E-state index in [1.165, 1.54) is 0 Å². The zero-order valence-electron chi connectivity index (χ0n) is 15.9. The number of nitrogens with one attached hydrogen (secondary N) is 2. The van der Waals surface area contributed by atoms with Crippen LogP contribution in [0.5, 0.6) is 0 Å². The number of fused-ring (bicyclic) bond motifs is 1. The van der Waals surface area contributed by atoms with E-state index >= 15 is 0 Å². The summed E-state index contributed by atoms with van der Waals surface area (Å²) in [6.45, 7) is 3.51. The molecule has 1 amide bonds. The third-order valence-electron chi connectivity index (χ3n) is 5.50. The number of amides is 1. The molecule has 1 aliphatic rings. The van der Waals surface area contributed by atoms with E-state index in [9.17, 15) is 9.59 Å². The summed E-state index contributed by atoms with van der Waals surface area (Å²) in [4.78, 5) is 25.8. The Morgan fingerprint density at radius 2 is 2.00 bits per heavy atom. The zero-order valence-corrected chi connectivity index (χ0v) is 17.4. The minimum absolute atomic E-state index is 0.0372. The zero-order chi connectivity index (χ0) is 20.5. The predicted molar refractivity (Wildman–Crippen MR) is 118 cm³/mol. The van der Waals surface area contributed by atoms with E-state index in [0.29, 0.717) is 21.1 Å². The van der Waals surface area contributed by atoms with E-state index in [4.69, 9.17) is 23.2 Å². The van der Waals surface area contributed by atoms with Crippen molar-refractivity contribution in [2.24, 2.45) is 0 Å². The van der Waals surface area contributed by atoms with E-state index in [0.717, 1.165) is 30.5 Å². The summed E-state index contributed by atoms with van der Waals surface area (Å²) in [5, 5.41) is 8.43. The van der Waals surface area contributed by atoms with Crippen LogP contribution in [0.4, 0.5) is 5.69 Å². The molecule has 0 saturated carbocycles. The van der Waals surface area contributed by atoms with Crippen molar-refractivity contribution in [2.75, 3.05) is 18.4 Å². The summed E-state index contributed by atoms with van der Waals surface area (Å²) in [5.41, 5.74) is 1.35. The van der Waals surface area contributed by atoms with Crippen molar-refractivity contribution in [3.05, 3.63) is 74.6 Å². The molecular formula is C22H21Cl2N3O2. The molecule has 0 unspecified atom stereocenters. The number of pyridine rings is 1. The first kappa shape index (κ1) is 20.0. The van der Waals surface area contributed by atoms with Gasteiger partial charge in [0.1, 0.15) is 0 Å². The van der Waals surface area contributed by atoms with Crippen LogP contribution in [-0.2, 0) is 4.79 Å². The van der Waals surface area contributed by atoms with Crippen molar-refractivity contribution >= 4 is 45.6 Å². The maximum atomic E-state index is 13.0. The standard InChI is InChI=1S/C22H21Cl2N3O2/c1-13(14-5-6-18(23)19(24)11-14)21(28)26-20-4-2-3-17-16(20)8-10-27(22(17)29)15-7-9-25-12-15/h2-6,8,10-11,13,15,25H,7,9,12H2,1H3,(H,26,28)/t13-,15-/m0/s1. The van der Waals surface area contributed by atoms with Crippen LogP contribution in [0.15, 0.2) is 53.5 Å². The Hall–Kier alpha value is -2.34. The number of anilines is 1. The summed E-state index contributed by atoms with van der Waals surface area (Å²) in [6, 6.07) is 12.6. The molecule has 3 aromatic rings. The van der Waals surface area contributed by atoms with Gasteiger partial charge >= 0.3 is 0 Å². The first-order chi connectivity index (χ1) is 14.0. The Morgan fingerprint density at radius 1 is 1.17 bits per heavy atom. The highest BCUT2D eigenvalue weighted by atomic mass is 35.5. The molecule has 2 heterocycles. The van der Waals surface area contributed by atoms with Gasteiger partial charge in [-0.05, 0) is 55.8 Å². The lowest BCUT2D eigenvalue weighted by Crippen LogP contribution is -2.26. The van der Waals surface area contributed by atoms with E-state index in [2.05, 4.69) is 10.6 Å². The molecule has 1 aliphatic heterocycles. The molecule has 2 aromatic carbocycles. The lowest BCUT2D eigenvalue weighted by Gasteiger charge is -2.17. The lowest BCUT2D eigenvalue weighted by atomic mass is 10.00. The fraction of sp³-hybridized carbons (Fsp3) is 0.273. The molecular weight excluding hydrogens is 409 g/mol. The Balaban J connectivity index is 1.63. The summed E-state index contributed by atoms with van der Waals surface area (Å²) in [7, 11) is 0.